The predicted octanol–water partition coefficient (Wildman–Crippen LogP) is 3.52. The zero-order chi connectivity index (χ0) is 11.7. The van der Waals surface area contributed by atoms with Crippen molar-refractivity contribution in [1.29, 1.82) is 5.41 Å². The molecule has 92 valence electrons. The fourth-order valence-electron chi connectivity index (χ4n) is 3.47. The number of amidine groups is 1. The minimum atomic E-state index is 0.569. The SMILES string of the molecule is CC1CC(C)C(C)N(C(=N)C2CCCC2)C1. The van der Waals surface area contributed by atoms with Crippen LogP contribution in [0.4, 0.5) is 0 Å². The van der Waals surface area contributed by atoms with E-state index in [0.29, 0.717) is 12.0 Å². The molecule has 1 N–H and O–H groups in total. The van der Waals surface area contributed by atoms with Gasteiger partial charge < -0.3 is 4.90 Å². The first kappa shape index (κ1) is 11.9. The second-order valence-corrected chi connectivity index (χ2v) is 6.08. The minimum absolute atomic E-state index is 0.569. The van der Waals surface area contributed by atoms with Crippen LogP contribution in [0.15, 0.2) is 0 Å². The molecule has 2 heteroatoms. The number of nitrogens with zero attached hydrogens (tertiary/aromatic N) is 1. The van der Waals surface area contributed by atoms with E-state index in [1.165, 1.54) is 32.1 Å². The highest BCUT2D eigenvalue weighted by atomic mass is 15.2. The van der Waals surface area contributed by atoms with Gasteiger partial charge in [-0.1, -0.05) is 26.7 Å². The van der Waals surface area contributed by atoms with Crippen molar-refractivity contribution in [3.05, 3.63) is 0 Å². The first-order valence-corrected chi connectivity index (χ1v) is 6.94. The number of likely N-dealkylation sites (tertiary alicyclic amines) is 1. The normalized spacial score (nSPS) is 36.7. The van der Waals surface area contributed by atoms with Crippen LogP contribution < -0.4 is 0 Å². The van der Waals surface area contributed by atoms with Crippen molar-refractivity contribution in [3.8, 4) is 0 Å². The van der Waals surface area contributed by atoms with E-state index in [4.69, 9.17) is 5.41 Å². The van der Waals surface area contributed by atoms with E-state index in [-0.39, 0.29) is 0 Å². The lowest BCUT2D eigenvalue weighted by atomic mass is 9.85. The molecule has 0 radical (unpaired) electrons. The van der Waals surface area contributed by atoms with Crippen LogP contribution in [0.3, 0.4) is 0 Å². The molecular weight excluding hydrogens is 196 g/mol. The van der Waals surface area contributed by atoms with Crippen LogP contribution in [0.1, 0.15) is 52.9 Å². The lowest BCUT2D eigenvalue weighted by molar-refractivity contribution is 0.140. The molecule has 1 saturated heterocycles. The van der Waals surface area contributed by atoms with Crippen molar-refractivity contribution < 1.29 is 0 Å². The van der Waals surface area contributed by atoms with Crippen LogP contribution in [0.2, 0.25) is 0 Å². The molecule has 3 unspecified atom stereocenters. The molecule has 3 atom stereocenters. The van der Waals surface area contributed by atoms with Gasteiger partial charge in [-0.2, -0.15) is 0 Å². The smallest absolute Gasteiger partial charge is 0.0992 e. The number of piperidine rings is 1. The van der Waals surface area contributed by atoms with E-state index >= 15 is 0 Å². The summed E-state index contributed by atoms with van der Waals surface area (Å²) in [6.07, 6.45) is 6.51. The predicted molar refractivity (Wildman–Crippen MR) is 68.8 cm³/mol. The van der Waals surface area contributed by atoms with E-state index in [9.17, 15) is 0 Å². The maximum absolute atomic E-state index is 8.42. The van der Waals surface area contributed by atoms with E-state index in [2.05, 4.69) is 25.7 Å². The van der Waals surface area contributed by atoms with Gasteiger partial charge in [0.2, 0.25) is 0 Å². The summed E-state index contributed by atoms with van der Waals surface area (Å²) in [7, 11) is 0. The van der Waals surface area contributed by atoms with Crippen molar-refractivity contribution >= 4 is 5.84 Å². The summed E-state index contributed by atoms with van der Waals surface area (Å²) in [6.45, 7) is 8.09. The Balaban J connectivity index is 2.03. The fraction of sp³-hybridized carbons (Fsp3) is 0.929. The Morgan fingerprint density at radius 3 is 2.38 bits per heavy atom. The van der Waals surface area contributed by atoms with Crippen molar-refractivity contribution in [3.63, 3.8) is 0 Å². The Bertz CT molecular complexity index is 255. The number of nitrogens with one attached hydrogen (secondary N) is 1. The lowest BCUT2D eigenvalue weighted by Gasteiger charge is -2.43. The van der Waals surface area contributed by atoms with Crippen LogP contribution in [0, 0.1) is 23.2 Å². The largest absolute Gasteiger partial charge is 0.357 e. The molecule has 2 fully saturated rings. The Morgan fingerprint density at radius 2 is 1.75 bits per heavy atom. The first-order valence-electron chi connectivity index (χ1n) is 6.94. The third-order valence-electron chi connectivity index (χ3n) is 4.65. The minimum Gasteiger partial charge on any atom is -0.357 e. The lowest BCUT2D eigenvalue weighted by Crippen LogP contribution is -2.50. The summed E-state index contributed by atoms with van der Waals surface area (Å²) in [4.78, 5) is 2.40. The molecule has 0 aromatic carbocycles. The molecule has 1 aliphatic carbocycles. The van der Waals surface area contributed by atoms with Gasteiger partial charge in [-0.3, -0.25) is 5.41 Å². The van der Waals surface area contributed by atoms with Gasteiger partial charge in [0.15, 0.2) is 0 Å². The summed E-state index contributed by atoms with van der Waals surface area (Å²) >= 11 is 0. The molecule has 2 aliphatic rings. The molecule has 2 nitrogen and oxygen atoms in total. The second kappa shape index (κ2) is 4.77. The molecule has 16 heavy (non-hydrogen) atoms. The summed E-state index contributed by atoms with van der Waals surface area (Å²) < 4.78 is 0. The molecule has 1 saturated carbocycles. The molecule has 2 rings (SSSR count). The molecule has 0 bridgehead atoms. The second-order valence-electron chi connectivity index (χ2n) is 6.08. The van der Waals surface area contributed by atoms with E-state index in [1.54, 1.807) is 0 Å². The number of hydrogen-bond acceptors (Lipinski definition) is 1. The molecule has 0 spiro atoms. The molecule has 0 aromatic rings. The van der Waals surface area contributed by atoms with Crippen LogP contribution in [0.5, 0.6) is 0 Å². The average Bonchev–Trinajstić information content (AvgIpc) is 2.75. The maximum Gasteiger partial charge on any atom is 0.0992 e. The van der Waals surface area contributed by atoms with Crippen LogP contribution in [0.25, 0.3) is 0 Å². The van der Waals surface area contributed by atoms with Gasteiger partial charge >= 0.3 is 0 Å². The molecule has 0 aromatic heterocycles. The van der Waals surface area contributed by atoms with Gasteiger partial charge in [0.25, 0.3) is 0 Å². The zero-order valence-electron chi connectivity index (χ0n) is 11.0. The summed E-state index contributed by atoms with van der Waals surface area (Å²) in [5.74, 6) is 3.02. The highest BCUT2D eigenvalue weighted by molar-refractivity contribution is 5.82. The monoisotopic (exact) mass is 222 g/mol. The van der Waals surface area contributed by atoms with Gasteiger partial charge in [0, 0.05) is 18.5 Å². The Kier molecular flexibility index (Phi) is 3.56. The van der Waals surface area contributed by atoms with Crippen LogP contribution in [-0.2, 0) is 0 Å². The molecule has 1 heterocycles. The van der Waals surface area contributed by atoms with Gasteiger partial charge in [-0.05, 0) is 38.0 Å². The van der Waals surface area contributed by atoms with Crippen molar-refractivity contribution in [2.45, 2.75) is 58.9 Å². The van der Waals surface area contributed by atoms with Gasteiger partial charge in [-0.25, -0.2) is 0 Å². The standard InChI is InChI=1S/C14H26N2/c1-10-8-11(2)12(3)16(9-10)14(15)13-6-4-5-7-13/h10-13,15H,4-9H2,1-3H3. The van der Waals surface area contributed by atoms with Crippen LogP contribution >= 0.6 is 0 Å². The van der Waals surface area contributed by atoms with E-state index < -0.39 is 0 Å². The Labute approximate surface area is 99.9 Å². The van der Waals surface area contributed by atoms with Crippen LogP contribution in [-0.4, -0.2) is 23.3 Å². The molecular formula is C14H26N2. The van der Waals surface area contributed by atoms with Gasteiger partial charge in [0.1, 0.15) is 0 Å². The number of hydrogen-bond donors (Lipinski definition) is 1. The highest BCUT2D eigenvalue weighted by Crippen LogP contribution is 2.32. The van der Waals surface area contributed by atoms with Crippen molar-refractivity contribution in [1.82, 2.24) is 4.90 Å². The topological polar surface area (TPSA) is 27.1 Å². The van der Waals surface area contributed by atoms with Crippen molar-refractivity contribution in [2.24, 2.45) is 17.8 Å². The fourth-order valence-corrected chi connectivity index (χ4v) is 3.47. The third-order valence-corrected chi connectivity index (χ3v) is 4.65. The first-order chi connectivity index (χ1) is 7.59. The quantitative estimate of drug-likeness (QED) is 0.533. The summed E-state index contributed by atoms with van der Waals surface area (Å²) in [6, 6.07) is 0.573. The van der Waals surface area contributed by atoms with Gasteiger partial charge in [0.05, 0.1) is 5.84 Å². The van der Waals surface area contributed by atoms with Gasteiger partial charge in [-0.15, -0.1) is 0 Å². The number of rotatable bonds is 1. The zero-order valence-corrected chi connectivity index (χ0v) is 11.0. The summed E-state index contributed by atoms with van der Waals surface area (Å²) in [5.41, 5.74) is 0. The Hall–Kier alpha value is -0.530. The maximum atomic E-state index is 8.42. The molecule has 1 aliphatic heterocycles. The van der Waals surface area contributed by atoms with Crippen molar-refractivity contribution in [2.75, 3.05) is 6.54 Å². The average molecular weight is 222 g/mol. The van der Waals surface area contributed by atoms with E-state index in [0.717, 1.165) is 24.2 Å². The summed E-state index contributed by atoms with van der Waals surface area (Å²) in [5, 5.41) is 8.42. The molecule has 0 amide bonds. The Morgan fingerprint density at radius 1 is 1.12 bits per heavy atom. The third kappa shape index (κ3) is 2.26. The van der Waals surface area contributed by atoms with E-state index in [1.807, 2.05) is 0 Å². The highest BCUT2D eigenvalue weighted by Gasteiger charge is 2.33.